The maximum atomic E-state index is 13.1. The van der Waals surface area contributed by atoms with Gasteiger partial charge >= 0.3 is 0 Å². The molecule has 0 radical (unpaired) electrons. The Hall–Kier alpha value is -3.20. The first-order valence-corrected chi connectivity index (χ1v) is 11.7. The zero-order chi connectivity index (χ0) is 22.8. The van der Waals surface area contributed by atoms with Crippen LogP contribution in [0.25, 0.3) is 0 Å². The van der Waals surface area contributed by atoms with E-state index in [-0.39, 0.29) is 24.2 Å². The van der Waals surface area contributed by atoms with Crippen LogP contribution in [0.2, 0.25) is 0 Å². The Morgan fingerprint density at radius 2 is 1.39 bits per heavy atom. The van der Waals surface area contributed by atoms with Crippen LogP contribution in [0.3, 0.4) is 0 Å². The Morgan fingerprint density at radius 1 is 0.818 bits per heavy atom. The number of para-hydroxylation sites is 1. The number of aromatic nitrogens is 2. The molecule has 1 unspecified atom stereocenters. The first kappa shape index (κ1) is 21.6. The molecule has 1 atom stereocenters. The molecular formula is C24H31N7O2. The summed E-state index contributed by atoms with van der Waals surface area (Å²) in [6.07, 6.45) is 0.285. The summed E-state index contributed by atoms with van der Waals surface area (Å²) in [5.74, 6) is 1.61. The molecule has 0 N–H and O–H groups in total. The van der Waals surface area contributed by atoms with Crippen LogP contribution in [0.4, 0.5) is 17.3 Å². The second-order valence-corrected chi connectivity index (χ2v) is 9.09. The lowest BCUT2D eigenvalue weighted by molar-refractivity contribution is -0.136. The first-order chi connectivity index (χ1) is 16.1. The summed E-state index contributed by atoms with van der Waals surface area (Å²) in [5, 5.41) is 8.92. The van der Waals surface area contributed by atoms with Crippen molar-refractivity contribution in [3.05, 3.63) is 42.5 Å². The molecule has 33 heavy (non-hydrogen) atoms. The third-order valence-corrected chi connectivity index (χ3v) is 6.92. The highest BCUT2D eigenvalue weighted by atomic mass is 16.2. The maximum Gasteiger partial charge on any atom is 0.228 e. The third-order valence-electron chi connectivity index (χ3n) is 6.92. The molecule has 0 spiro atoms. The number of anilines is 3. The van der Waals surface area contributed by atoms with Gasteiger partial charge in [-0.05, 0) is 31.3 Å². The van der Waals surface area contributed by atoms with Gasteiger partial charge in [-0.1, -0.05) is 18.2 Å². The fourth-order valence-corrected chi connectivity index (χ4v) is 4.84. The van der Waals surface area contributed by atoms with Crippen LogP contribution in [0.1, 0.15) is 6.42 Å². The molecule has 3 aliphatic heterocycles. The van der Waals surface area contributed by atoms with Crippen LogP contribution < -0.4 is 14.7 Å². The fraction of sp³-hybridized carbons (Fsp3) is 0.500. The van der Waals surface area contributed by atoms with Crippen molar-refractivity contribution in [1.29, 1.82) is 0 Å². The van der Waals surface area contributed by atoms with Gasteiger partial charge < -0.3 is 24.5 Å². The summed E-state index contributed by atoms with van der Waals surface area (Å²) in [6.45, 7) is 7.18. The van der Waals surface area contributed by atoms with E-state index < -0.39 is 0 Å². The van der Waals surface area contributed by atoms with E-state index in [1.54, 1.807) is 4.90 Å². The van der Waals surface area contributed by atoms with Crippen LogP contribution in [0, 0.1) is 5.92 Å². The van der Waals surface area contributed by atoms with Gasteiger partial charge in [0.15, 0.2) is 11.6 Å². The van der Waals surface area contributed by atoms with Crippen LogP contribution in [-0.2, 0) is 9.59 Å². The number of benzene rings is 1. The van der Waals surface area contributed by atoms with Gasteiger partial charge in [0.05, 0.1) is 5.92 Å². The lowest BCUT2D eigenvalue weighted by Crippen LogP contribution is -2.51. The van der Waals surface area contributed by atoms with E-state index in [0.29, 0.717) is 19.6 Å². The summed E-state index contributed by atoms with van der Waals surface area (Å²) in [5.41, 5.74) is 0.862. The summed E-state index contributed by atoms with van der Waals surface area (Å²) in [7, 11) is 2.14. The standard InChI is InChI=1S/C24H31N7O2/c1-27-9-11-28(12-10-27)21-7-8-22(26-25-21)29-13-15-30(16-14-29)24(33)19-17-23(32)31(18-19)20-5-3-2-4-6-20/h2-8,19H,9-18H2,1H3. The van der Waals surface area contributed by atoms with Crippen LogP contribution >= 0.6 is 0 Å². The van der Waals surface area contributed by atoms with E-state index in [2.05, 4.69) is 31.9 Å². The van der Waals surface area contributed by atoms with Crippen molar-refractivity contribution < 1.29 is 9.59 Å². The topological polar surface area (TPSA) is 76.1 Å². The quantitative estimate of drug-likeness (QED) is 0.687. The molecule has 3 saturated heterocycles. The van der Waals surface area contributed by atoms with Crippen molar-refractivity contribution in [2.24, 2.45) is 5.92 Å². The summed E-state index contributed by atoms with van der Waals surface area (Å²) < 4.78 is 0. The highest BCUT2D eigenvalue weighted by molar-refractivity contribution is 6.00. The second-order valence-electron chi connectivity index (χ2n) is 9.09. The monoisotopic (exact) mass is 449 g/mol. The largest absolute Gasteiger partial charge is 0.353 e. The van der Waals surface area contributed by atoms with Crippen LogP contribution in [0.15, 0.2) is 42.5 Å². The molecule has 1 aromatic heterocycles. The molecule has 4 heterocycles. The number of nitrogens with zero attached hydrogens (tertiary/aromatic N) is 7. The molecule has 2 aromatic rings. The average Bonchev–Trinajstić information content (AvgIpc) is 3.26. The van der Waals surface area contributed by atoms with Crippen molar-refractivity contribution in [2.75, 3.05) is 80.7 Å². The zero-order valence-electron chi connectivity index (χ0n) is 19.1. The highest BCUT2D eigenvalue weighted by Gasteiger charge is 2.38. The minimum Gasteiger partial charge on any atom is -0.353 e. The van der Waals surface area contributed by atoms with E-state index in [4.69, 9.17) is 0 Å². The number of hydrogen-bond donors (Lipinski definition) is 0. The van der Waals surface area contributed by atoms with Gasteiger partial charge in [0.25, 0.3) is 0 Å². The van der Waals surface area contributed by atoms with Gasteiger partial charge in [-0.25, -0.2) is 0 Å². The van der Waals surface area contributed by atoms with Crippen molar-refractivity contribution in [3.8, 4) is 0 Å². The zero-order valence-corrected chi connectivity index (χ0v) is 19.1. The Kier molecular flexibility index (Phi) is 6.13. The molecule has 0 aliphatic carbocycles. The first-order valence-electron chi connectivity index (χ1n) is 11.7. The Balaban J connectivity index is 1.14. The van der Waals surface area contributed by atoms with Crippen molar-refractivity contribution >= 4 is 29.1 Å². The lowest BCUT2D eigenvalue weighted by atomic mass is 10.1. The number of likely N-dealkylation sites (N-methyl/N-ethyl adjacent to an activating group) is 1. The summed E-state index contributed by atoms with van der Waals surface area (Å²) in [4.78, 5) is 36.0. The smallest absolute Gasteiger partial charge is 0.228 e. The Morgan fingerprint density at radius 3 is 1.97 bits per heavy atom. The van der Waals surface area contributed by atoms with Gasteiger partial charge in [-0.15, -0.1) is 10.2 Å². The number of piperazine rings is 2. The Labute approximate surface area is 194 Å². The minimum absolute atomic E-state index is 0.0221. The van der Waals surface area contributed by atoms with Crippen molar-refractivity contribution in [1.82, 2.24) is 20.0 Å². The molecule has 0 bridgehead atoms. The van der Waals surface area contributed by atoms with Gasteiger partial charge in [-0.2, -0.15) is 0 Å². The van der Waals surface area contributed by atoms with E-state index in [9.17, 15) is 9.59 Å². The fourth-order valence-electron chi connectivity index (χ4n) is 4.84. The van der Waals surface area contributed by atoms with Gasteiger partial charge in [0.2, 0.25) is 11.8 Å². The molecular weight excluding hydrogens is 418 g/mol. The van der Waals surface area contributed by atoms with E-state index in [1.807, 2.05) is 47.4 Å². The second kappa shape index (κ2) is 9.35. The average molecular weight is 450 g/mol. The van der Waals surface area contributed by atoms with Crippen LogP contribution in [0.5, 0.6) is 0 Å². The van der Waals surface area contributed by atoms with E-state index in [1.165, 1.54) is 0 Å². The van der Waals surface area contributed by atoms with E-state index in [0.717, 1.165) is 56.6 Å². The molecule has 3 aliphatic rings. The maximum absolute atomic E-state index is 13.1. The van der Waals surface area contributed by atoms with Crippen molar-refractivity contribution in [2.45, 2.75) is 6.42 Å². The third kappa shape index (κ3) is 4.64. The van der Waals surface area contributed by atoms with Crippen LogP contribution in [-0.4, -0.2) is 97.8 Å². The van der Waals surface area contributed by atoms with Gasteiger partial charge in [-0.3, -0.25) is 9.59 Å². The van der Waals surface area contributed by atoms with Gasteiger partial charge in [0.1, 0.15) is 0 Å². The predicted octanol–water partition coefficient (Wildman–Crippen LogP) is 0.930. The Bertz CT molecular complexity index is 968. The molecule has 3 fully saturated rings. The van der Waals surface area contributed by atoms with Crippen molar-refractivity contribution in [3.63, 3.8) is 0 Å². The van der Waals surface area contributed by atoms with Gasteiger partial charge in [0, 0.05) is 71.0 Å². The minimum atomic E-state index is -0.271. The molecule has 174 valence electrons. The number of amides is 2. The SMILES string of the molecule is CN1CCN(c2ccc(N3CCN(C(=O)C4CC(=O)N(c5ccccc5)C4)CC3)nn2)CC1. The summed E-state index contributed by atoms with van der Waals surface area (Å²) in [6, 6.07) is 13.7. The lowest BCUT2D eigenvalue weighted by Gasteiger charge is -2.36. The van der Waals surface area contributed by atoms with E-state index >= 15 is 0 Å². The number of carbonyl (C=O) groups is 2. The molecule has 1 aromatic carbocycles. The predicted molar refractivity (Wildman–Crippen MR) is 127 cm³/mol. The molecule has 5 rings (SSSR count). The number of carbonyl (C=O) groups excluding carboxylic acids is 2. The molecule has 9 nitrogen and oxygen atoms in total. The summed E-state index contributed by atoms with van der Waals surface area (Å²) >= 11 is 0. The molecule has 2 amide bonds. The number of rotatable bonds is 4. The number of hydrogen-bond acceptors (Lipinski definition) is 7. The molecule has 0 saturated carbocycles. The normalized spacial score (nSPS) is 22.2. The highest BCUT2D eigenvalue weighted by Crippen LogP contribution is 2.27. The molecule has 9 heteroatoms.